The van der Waals surface area contributed by atoms with Crippen molar-refractivity contribution < 1.29 is 23.5 Å². The van der Waals surface area contributed by atoms with Crippen molar-refractivity contribution in [3.05, 3.63) is 71.6 Å². The smallest absolute Gasteiger partial charge is 0.331 e. The van der Waals surface area contributed by atoms with Crippen LogP contribution in [0.25, 0.3) is 6.08 Å². The lowest BCUT2D eigenvalue weighted by Gasteiger charge is -2.21. The van der Waals surface area contributed by atoms with Gasteiger partial charge in [0.1, 0.15) is 0 Å². The Hall–Kier alpha value is -3.15. The van der Waals surface area contributed by atoms with Crippen LogP contribution in [0.3, 0.4) is 0 Å². The number of methoxy groups -OCH3 is 1. The minimum atomic E-state index is -0.956. The van der Waals surface area contributed by atoms with Crippen molar-refractivity contribution in [2.75, 3.05) is 7.11 Å². The van der Waals surface area contributed by atoms with Gasteiger partial charge in [-0.25, -0.2) is 9.18 Å². The van der Waals surface area contributed by atoms with Crippen LogP contribution in [-0.2, 0) is 14.3 Å². The molecule has 1 N–H and O–H groups in total. The highest BCUT2D eigenvalue weighted by Gasteiger charge is 2.20. The lowest BCUT2D eigenvalue weighted by atomic mass is 10.0. The Kier molecular flexibility index (Phi) is 8.40. The van der Waals surface area contributed by atoms with Crippen LogP contribution in [0.4, 0.5) is 4.39 Å². The van der Waals surface area contributed by atoms with Crippen LogP contribution in [0.5, 0.6) is 5.75 Å². The number of hydrogen-bond donors (Lipinski definition) is 1. The summed E-state index contributed by atoms with van der Waals surface area (Å²) in [7, 11) is 1.38. The van der Waals surface area contributed by atoms with Crippen LogP contribution >= 0.6 is 0 Å². The number of carbonyl (C=O) groups is 2. The van der Waals surface area contributed by atoms with E-state index in [9.17, 15) is 14.0 Å². The normalized spacial score (nSPS) is 13.0. The molecule has 5 nitrogen and oxygen atoms in total. The summed E-state index contributed by atoms with van der Waals surface area (Å²) in [5.74, 6) is -1.46. The third-order valence-corrected chi connectivity index (χ3v) is 4.35. The van der Waals surface area contributed by atoms with Crippen molar-refractivity contribution >= 4 is 18.0 Å². The number of hydrogen-bond acceptors (Lipinski definition) is 4. The van der Waals surface area contributed by atoms with E-state index in [0.717, 1.165) is 24.5 Å². The Bertz CT molecular complexity index is 851. The van der Waals surface area contributed by atoms with Gasteiger partial charge in [-0.3, -0.25) is 4.79 Å². The fourth-order valence-corrected chi connectivity index (χ4v) is 2.80. The second kappa shape index (κ2) is 11.0. The molecule has 0 aliphatic rings. The molecule has 2 rings (SSSR count). The number of carbonyl (C=O) groups excluding carboxylic acids is 2. The number of benzene rings is 2. The highest BCUT2D eigenvalue weighted by atomic mass is 19.1. The summed E-state index contributed by atoms with van der Waals surface area (Å²) in [6.45, 7) is 3.56. The second-order valence-electron chi connectivity index (χ2n) is 6.57. The third kappa shape index (κ3) is 6.75. The lowest BCUT2D eigenvalue weighted by Crippen LogP contribution is -2.38. The summed E-state index contributed by atoms with van der Waals surface area (Å²) in [6.07, 6.45) is 3.29. The van der Waals surface area contributed by atoms with Crippen LogP contribution in [0.15, 0.2) is 54.6 Å². The van der Waals surface area contributed by atoms with Crippen molar-refractivity contribution in [2.45, 2.75) is 38.8 Å². The zero-order chi connectivity index (χ0) is 21.2. The number of ether oxygens (including phenoxy) is 2. The van der Waals surface area contributed by atoms with Crippen LogP contribution in [-0.4, -0.2) is 25.1 Å². The van der Waals surface area contributed by atoms with Crippen LogP contribution in [0.2, 0.25) is 0 Å². The molecule has 0 aliphatic carbocycles. The van der Waals surface area contributed by atoms with Crippen molar-refractivity contribution in [2.24, 2.45) is 0 Å². The van der Waals surface area contributed by atoms with E-state index in [1.807, 2.05) is 37.3 Å². The van der Waals surface area contributed by atoms with Gasteiger partial charge in [-0.1, -0.05) is 49.7 Å². The molecule has 1 amide bonds. The number of amides is 1. The molecule has 0 aliphatic heterocycles. The molecular formula is C23H26FNO4. The molecular weight excluding hydrogens is 373 g/mol. The molecule has 0 fully saturated rings. The van der Waals surface area contributed by atoms with Crippen LogP contribution in [0.1, 0.15) is 43.9 Å². The maximum atomic E-state index is 13.7. The first kappa shape index (κ1) is 22.1. The quantitative estimate of drug-likeness (QED) is 0.500. The Morgan fingerprint density at radius 2 is 1.90 bits per heavy atom. The summed E-state index contributed by atoms with van der Waals surface area (Å²) in [4.78, 5) is 24.5. The SMILES string of the molecule is CCC[C@@H](NC(=O)[C@@H](C)OC(=O)/C=C/c1ccc(OC)c(F)c1)c1ccccc1. The van der Waals surface area contributed by atoms with E-state index in [1.54, 1.807) is 6.07 Å². The number of nitrogens with one attached hydrogen (secondary N) is 1. The monoisotopic (exact) mass is 399 g/mol. The van der Waals surface area contributed by atoms with E-state index in [4.69, 9.17) is 9.47 Å². The molecule has 154 valence electrons. The van der Waals surface area contributed by atoms with Gasteiger partial charge in [-0.2, -0.15) is 0 Å². The highest BCUT2D eigenvalue weighted by Crippen LogP contribution is 2.19. The summed E-state index contributed by atoms with van der Waals surface area (Å²) < 4.78 is 23.7. The van der Waals surface area contributed by atoms with Crippen LogP contribution in [0, 0.1) is 5.82 Å². The minimum Gasteiger partial charge on any atom is -0.494 e. The lowest BCUT2D eigenvalue weighted by molar-refractivity contribution is -0.150. The molecule has 2 atom stereocenters. The van der Waals surface area contributed by atoms with Gasteiger partial charge in [-0.15, -0.1) is 0 Å². The first-order valence-corrected chi connectivity index (χ1v) is 9.52. The van der Waals surface area contributed by atoms with Gasteiger partial charge < -0.3 is 14.8 Å². The topological polar surface area (TPSA) is 64.6 Å². The summed E-state index contributed by atoms with van der Waals surface area (Å²) in [6, 6.07) is 13.8. The van der Waals surface area contributed by atoms with E-state index in [0.29, 0.717) is 5.56 Å². The zero-order valence-corrected chi connectivity index (χ0v) is 16.9. The third-order valence-electron chi connectivity index (χ3n) is 4.35. The number of halogens is 1. The minimum absolute atomic E-state index is 0.120. The van der Waals surface area contributed by atoms with E-state index < -0.39 is 17.9 Å². The molecule has 0 unspecified atom stereocenters. The van der Waals surface area contributed by atoms with E-state index in [2.05, 4.69) is 5.32 Å². The van der Waals surface area contributed by atoms with Crippen molar-refractivity contribution in [1.82, 2.24) is 5.32 Å². The van der Waals surface area contributed by atoms with Crippen LogP contribution < -0.4 is 10.1 Å². The van der Waals surface area contributed by atoms with Gasteiger partial charge >= 0.3 is 5.97 Å². The fraction of sp³-hybridized carbons (Fsp3) is 0.304. The van der Waals surface area contributed by atoms with Crippen molar-refractivity contribution in [1.29, 1.82) is 0 Å². The molecule has 0 bridgehead atoms. The maximum absolute atomic E-state index is 13.7. The standard InChI is InChI=1S/C23H26FNO4/c1-4-8-20(18-9-6-5-7-10-18)25-23(27)16(2)29-22(26)14-12-17-11-13-21(28-3)19(24)15-17/h5-7,9-16,20H,4,8H2,1-3H3,(H,25,27)/b14-12+/t16-,20-/m1/s1. The zero-order valence-electron chi connectivity index (χ0n) is 16.9. The number of esters is 1. The van der Waals surface area contributed by atoms with E-state index in [1.165, 1.54) is 32.2 Å². The maximum Gasteiger partial charge on any atom is 0.331 e. The van der Waals surface area contributed by atoms with Gasteiger partial charge in [0, 0.05) is 6.08 Å². The first-order valence-electron chi connectivity index (χ1n) is 9.52. The molecule has 0 saturated carbocycles. The molecule has 0 radical (unpaired) electrons. The molecule has 6 heteroatoms. The predicted octanol–water partition coefficient (Wildman–Crippen LogP) is 4.44. The summed E-state index contributed by atoms with van der Waals surface area (Å²) >= 11 is 0. The number of rotatable bonds is 9. The predicted molar refractivity (Wildman–Crippen MR) is 110 cm³/mol. The molecule has 29 heavy (non-hydrogen) atoms. The Morgan fingerprint density at radius 1 is 1.17 bits per heavy atom. The van der Waals surface area contributed by atoms with E-state index >= 15 is 0 Å². The van der Waals surface area contributed by atoms with Gasteiger partial charge in [0.05, 0.1) is 13.2 Å². The first-order chi connectivity index (χ1) is 13.9. The molecule has 0 heterocycles. The fourth-order valence-electron chi connectivity index (χ4n) is 2.80. The van der Waals surface area contributed by atoms with Crippen molar-refractivity contribution in [3.63, 3.8) is 0 Å². The van der Waals surface area contributed by atoms with Gasteiger partial charge in [-0.05, 0) is 42.7 Å². The molecule has 0 aromatic heterocycles. The Morgan fingerprint density at radius 3 is 2.52 bits per heavy atom. The van der Waals surface area contributed by atoms with E-state index in [-0.39, 0.29) is 17.7 Å². The largest absolute Gasteiger partial charge is 0.494 e. The summed E-state index contributed by atoms with van der Waals surface area (Å²) in [5.41, 5.74) is 1.48. The van der Waals surface area contributed by atoms with Crippen molar-refractivity contribution in [3.8, 4) is 5.75 Å². The second-order valence-corrected chi connectivity index (χ2v) is 6.57. The molecule has 2 aromatic rings. The molecule has 0 saturated heterocycles. The average Bonchev–Trinajstić information content (AvgIpc) is 2.72. The summed E-state index contributed by atoms with van der Waals surface area (Å²) in [5, 5.41) is 2.93. The van der Waals surface area contributed by atoms with Gasteiger partial charge in [0.2, 0.25) is 0 Å². The Labute approximate surface area is 170 Å². The molecule has 2 aromatic carbocycles. The average molecular weight is 399 g/mol. The van der Waals surface area contributed by atoms with Gasteiger partial charge in [0.25, 0.3) is 5.91 Å². The molecule has 0 spiro atoms. The highest BCUT2D eigenvalue weighted by molar-refractivity contribution is 5.90. The van der Waals surface area contributed by atoms with Gasteiger partial charge in [0.15, 0.2) is 17.7 Å². The Balaban J connectivity index is 1.93.